The Labute approximate surface area is 277 Å². The summed E-state index contributed by atoms with van der Waals surface area (Å²) >= 11 is 0. The average molecular weight is 662 g/mol. The number of carbonyl (C=O) groups is 3. The zero-order valence-electron chi connectivity index (χ0n) is 27.1. The Morgan fingerprint density at radius 2 is 1.85 bits per heavy atom. The molecule has 1 unspecified atom stereocenters. The number of likely N-dealkylation sites (tertiary alicyclic amines) is 1. The Kier molecular flexibility index (Phi) is 7.61. The van der Waals surface area contributed by atoms with Crippen LogP contribution in [0.25, 0.3) is 0 Å². The lowest BCUT2D eigenvalue weighted by molar-refractivity contribution is -0.134. The topological polar surface area (TPSA) is 141 Å². The summed E-state index contributed by atoms with van der Waals surface area (Å²) in [6.07, 6.45) is 10.7. The second-order valence-electron chi connectivity index (χ2n) is 14.6. The summed E-state index contributed by atoms with van der Waals surface area (Å²) in [6.45, 7) is 6.54. The number of H-pyrrole nitrogens is 1. The SMILES string of the molecule is C[C@@]12Cc3[nH]nc(C(=O)Nc4cnn(C5CCN(CC6CCN(c7ccc(C8CCC(=O)NC8=O)cn7)CC6)CC5)c4)c3C[C@@H]1C2(F)F. The molecule has 3 N–H and O–H groups in total. The summed E-state index contributed by atoms with van der Waals surface area (Å²) in [4.78, 5) is 46.3. The molecule has 8 rings (SSSR count). The Morgan fingerprint density at radius 1 is 1.06 bits per heavy atom. The zero-order chi connectivity index (χ0) is 33.2. The van der Waals surface area contributed by atoms with E-state index in [4.69, 9.17) is 0 Å². The maximum absolute atomic E-state index is 14.3. The maximum atomic E-state index is 14.3. The molecule has 4 fully saturated rings. The minimum atomic E-state index is -2.70. The van der Waals surface area contributed by atoms with Gasteiger partial charge in [0.1, 0.15) is 5.82 Å². The molecule has 3 aromatic heterocycles. The number of halogens is 2. The molecule has 3 aromatic rings. The first kappa shape index (κ1) is 31.1. The van der Waals surface area contributed by atoms with E-state index in [1.165, 1.54) is 0 Å². The number of aromatic amines is 1. The van der Waals surface area contributed by atoms with Crippen molar-refractivity contribution < 1.29 is 23.2 Å². The highest BCUT2D eigenvalue weighted by atomic mass is 19.3. The van der Waals surface area contributed by atoms with Gasteiger partial charge in [-0.3, -0.25) is 29.5 Å². The molecule has 12 nitrogen and oxygen atoms in total. The lowest BCUT2D eigenvalue weighted by atomic mass is 9.87. The Hall–Kier alpha value is -4.20. The number of hydrogen-bond acceptors (Lipinski definition) is 8. The van der Waals surface area contributed by atoms with Gasteiger partial charge in [-0.2, -0.15) is 10.2 Å². The number of nitrogens with one attached hydrogen (secondary N) is 3. The second kappa shape index (κ2) is 11.7. The number of piperidine rings is 3. The molecule has 3 atom stereocenters. The van der Waals surface area contributed by atoms with Crippen LogP contribution in [0.4, 0.5) is 20.3 Å². The van der Waals surface area contributed by atoms with Crippen LogP contribution in [0.3, 0.4) is 0 Å². The van der Waals surface area contributed by atoms with Crippen molar-refractivity contribution in [3.05, 3.63) is 53.2 Å². The smallest absolute Gasteiger partial charge is 0.276 e. The van der Waals surface area contributed by atoms with Gasteiger partial charge in [0.2, 0.25) is 11.8 Å². The summed E-state index contributed by atoms with van der Waals surface area (Å²) in [5, 5.41) is 16.8. The highest BCUT2D eigenvalue weighted by molar-refractivity contribution is 6.04. The number of fused-ring (bicyclic) bond motifs is 2. The first-order chi connectivity index (χ1) is 23.1. The summed E-state index contributed by atoms with van der Waals surface area (Å²) < 4.78 is 30.5. The first-order valence-electron chi connectivity index (χ1n) is 17.2. The van der Waals surface area contributed by atoms with Gasteiger partial charge < -0.3 is 15.1 Å². The van der Waals surface area contributed by atoms with Crippen LogP contribution in [0.5, 0.6) is 0 Å². The number of rotatable bonds is 7. The van der Waals surface area contributed by atoms with Crippen LogP contribution < -0.4 is 15.5 Å². The standard InChI is InChI=1S/C34H41F2N9O3/c1-33-15-26-25(14-27(33)34(33,35)36)30(42-41-26)32(48)39-22-17-38-45(19-22)23-8-10-43(11-9-23)18-20-6-12-44(13-7-20)28-4-2-21(16-37-28)24-3-5-29(46)40-31(24)47/h2,4,16-17,19-20,23-24,27H,3,5-15,18H2,1H3,(H,39,48)(H,41,42)(H,40,46,47)/t24?,27-,33+/m0/s1. The summed E-state index contributed by atoms with van der Waals surface area (Å²) in [5.41, 5.74) is 1.83. The Balaban J connectivity index is 0.784. The first-order valence-corrected chi connectivity index (χ1v) is 17.2. The number of carbonyl (C=O) groups excluding carboxylic acids is 3. The number of hydrogen-bond donors (Lipinski definition) is 3. The molecule has 2 aliphatic carbocycles. The van der Waals surface area contributed by atoms with E-state index in [-0.39, 0.29) is 42.3 Å². The minimum Gasteiger partial charge on any atom is -0.357 e. The van der Waals surface area contributed by atoms with Crippen LogP contribution in [0.2, 0.25) is 0 Å². The molecule has 6 heterocycles. The van der Waals surface area contributed by atoms with Crippen LogP contribution in [0.15, 0.2) is 30.7 Å². The van der Waals surface area contributed by atoms with E-state index in [9.17, 15) is 23.2 Å². The van der Waals surface area contributed by atoms with Crippen molar-refractivity contribution in [2.45, 2.75) is 76.2 Å². The molecule has 14 heteroatoms. The molecule has 3 amide bonds. The molecule has 0 aromatic carbocycles. The highest BCUT2D eigenvalue weighted by Crippen LogP contribution is 2.70. The van der Waals surface area contributed by atoms with Crippen molar-refractivity contribution in [3.63, 3.8) is 0 Å². The third-order valence-corrected chi connectivity index (χ3v) is 11.7. The van der Waals surface area contributed by atoms with Crippen LogP contribution in [-0.4, -0.2) is 86.2 Å². The zero-order valence-corrected chi connectivity index (χ0v) is 27.1. The average Bonchev–Trinajstić information content (AvgIpc) is 3.50. The predicted octanol–water partition coefficient (Wildman–Crippen LogP) is 3.70. The van der Waals surface area contributed by atoms with Crippen molar-refractivity contribution in [1.82, 2.24) is 35.2 Å². The van der Waals surface area contributed by atoms with E-state index < -0.39 is 23.2 Å². The van der Waals surface area contributed by atoms with E-state index in [1.54, 1.807) is 19.3 Å². The van der Waals surface area contributed by atoms with Crippen molar-refractivity contribution in [2.24, 2.45) is 17.3 Å². The van der Waals surface area contributed by atoms with Gasteiger partial charge in [0, 0.05) is 80.5 Å². The van der Waals surface area contributed by atoms with Crippen molar-refractivity contribution in [2.75, 3.05) is 42.9 Å². The normalized spacial score (nSPS) is 27.7. The number of pyridine rings is 1. The van der Waals surface area contributed by atoms with Crippen molar-refractivity contribution in [1.29, 1.82) is 0 Å². The molecule has 0 radical (unpaired) electrons. The molecule has 254 valence electrons. The maximum Gasteiger partial charge on any atom is 0.276 e. The van der Waals surface area contributed by atoms with E-state index in [0.717, 1.165) is 69.8 Å². The summed E-state index contributed by atoms with van der Waals surface area (Å²) in [6, 6.07) is 4.20. The number of anilines is 2. The fourth-order valence-electron chi connectivity index (χ4n) is 8.47. The van der Waals surface area contributed by atoms with Gasteiger partial charge in [-0.1, -0.05) is 13.0 Å². The number of amides is 3. The van der Waals surface area contributed by atoms with Crippen molar-refractivity contribution >= 4 is 29.2 Å². The third-order valence-electron chi connectivity index (χ3n) is 11.7. The fraction of sp³-hybridized carbons (Fsp3) is 0.588. The van der Waals surface area contributed by atoms with E-state index in [0.29, 0.717) is 35.7 Å². The van der Waals surface area contributed by atoms with E-state index in [2.05, 4.69) is 40.7 Å². The molecule has 3 saturated heterocycles. The molecule has 5 aliphatic rings. The van der Waals surface area contributed by atoms with Gasteiger partial charge in [-0.15, -0.1) is 0 Å². The van der Waals surface area contributed by atoms with E-state index in [1.807, 2.05) is 23.0 Å². The minimum absolute atomic E-state index is 0.161. The molecular weight excluding hydrogens is 620 g/mol. The second-order valence-corrected chi connectivity index (χ2v) is 14.6. The van der Waals surface area contributed by atoms with Crippen LogP contribution >= 0.6 is 0 Å². The van der Waals surface area contributed by atoms with Crippen molar-refractivity contribution in [3.8, 4) is 0 Å². The molecule has 0 spiro atoms. The Morgan fingerprint density at radius 3 is 2.58 bits per heavy atom. The molecular formula is C34H41F2N9O3. The quantitative estimate of drug-likeness (QED) is 0.326. The van der Waals surface area contributed by atoms with Gasteiger partial charge in [-0.25, -0.2) is 13.8 Å². The summed E-state index contributed by atoms with van der Waals surface area (Å²) in [5.74, 6) is -3.05. The number of nitrogens with zero attached hydrogens (tertiary/aromatic N) is 6. The molecule has 1 saturated carbocycles. The monoisotopic (exact) mass is 661 g/mol. The Bertz CT molecular complexity index is 1720. The van der Waals surface area contributed by atoms with Crippen LogP contribution in [0.1, 0.15) is 84.7 Å². The van der Waals surface area contributed by atoms with Gasteiger partial charge in [0.05, 0.1) is 23.8 Å². The van der Waals surface area contributed by atoms with Gasteiger partial charge in [0.15, 0.2) is 5.69 Å². The lowest BCUT2D eigenvalue weighted by Gasteiger charge is -2.38. The summed E-state index contributed by atoms with van der Waals surface area (Å²) in [7, 11) is 0. The third kappa shape index (κ3) is 5.47. The molecule has 3 aliphatic heterocycles. The predicted molar refractivity (Wildman–Crippen MR) is 172 cm³/mol. The van der Waals surface area contributed by atoms with Gasteiger partial charge in [-0.05, 0) is 56.1 Å². The van der Waals surface area contributed by atoms with Crippen LogP contribution in [0, 0.1) is 17.3 Å². The van der Waals surface area contributed by atoms with E-state index >= 15 is 0 Å². The molecule has 48 heavy (non-hydrogen) atoms. The number of aromatic nitrogens is 5. The molecule has 0 bridgehead atoms. The van der Waals surface area contributed by atoms with Crippen LogP contribution in [-0.2, 0) is 22.4 Å². The van der Waals surface area contributed by atoms with Gasteiger partial charge >= 0.3 is 0 Å². The highest BCUT2D eigenvalue weighted by Gasteiger charge is 2.78. The number of imide groups is 1. The number of alkyl halides is 2. The largest absolute Gasteiger partial charge is 0.357 e. The fourth-order valence-corrected chi connectivity index (χ4v) is 8.47. The van der Waals surface area contributed by atoms with Gasteiger partial charge in [0.25, 0.3) is 11.8 Å². The lowest BCUT2D eigenvalue weighted by Crippen LogP contribution is -2.42.